The number of rotatable bonds is 6. The molecule has 0 spiro atoms. The van der Waals surface area contributed by atoms with E-state index in [1.807, 2.05) is 43.3 Å². The normalized spacial score (nSPS) is 10.4. The number of nitrogens with zero attached hydrogens (tertiary/aromatic N) is 3. The molecule has 0 fully saturated rings. The maximum Gasteiger partial charge on any atom is 0.342 e. The second-order valence-corrected chi connectivity index (χ2v) is 6.99. The van der Waals surface area contributed by atoms with Crippen LogP contribution in [0.3, 0.4) is 0 Å². The Morgan fingerprint density at radius 1 is 1.11 bits per heavy atom. The van der Waals surface area contributed by atoms with Crippen molar-refractivity contribution in [2.45, 2.75) is 20.4 Å². The highest BCUT2D eigenvalue weighted by molar-refractivity contribution is 6.32. The Balaban J connectivity index is 1.94. The second-order valence-electron chi connectivity index (χ2n) is 6.63. The molecule has 0 N–H and O–H groups in total. The van der Waals surface area contributed by atoms with Crippen molar-refractivity contribution in [2.75, 3.05) is 32.6 Å². The summed E-state index contributed by atoms with van der Waals surface area (Å²) in [5.74, 6) is -0.948. The number of carbonyl (C=O) groups is 2. The van der Waals surface area contributed by atoms with Crippen molar-refractivity contribution < 1.29 is 14.3 Å². The number of anilines is 1. The Bertz CT molecular complexity index is 812. The number of carbonyl (C=O) groups excluding carboxylic acids is 2. The van der Waals surface area contributed by atoms with E-state index >= 15 is 0 Å². The third-order valence-electron chi connectivity index (χ3n) is 4.13. The summed E-state index contributed by atoms with van der Waals surface area (Å²) in [5, 5.41) is 0.0827. The summed E-state index contributed by atoms with van der Waals surface area (Å²) in [4.78, 5) is 32.1. The van der Waals surface area contributed by atoms with Crippen LogP contribution in [0.4, 0.5) is 5.69 Å². The first kappa shape index (κ1) is 20.7. The minimum atomic E-state index is -0.651. The van der Waals surface area contributed by atoms with Crippen LogP contribution in [0.25, 0.3) is 0 Å². The molecule has 2 rings (SSSR count). The predicted octanol–water partition coefficient (Wildman–Crippen LogP) is 3.23. The van der Waals surface area contributed by atoms with E-state index in [1.54, 1.807) is 27.0 Å². The molecule has 0 bridgehead atoms. The first-order valence-electron chi connectivity index (χ1n) is 8.50. The number of halogens is 1. The van der Waals surface area contributed by atoms with Crippen molar-refractivity contribution in [1.82, 2.24) is 9.88 Å². The van der Waals surface area contributed by atoms with Gasteiger partial charge in [-0.15, -0.1) is 0 Å². The molecule has 1 aromatic heterocycles. The molecule has 0 atom stereocenters. The van der Waals surface area contributed by atoms with E-state index in [4.69, 9.17) is 16.3 Å². The van der Waals surface area contributed by atoms with Gasteiger partial charge < -0.3 is 14.5 Å². The van der Waals surface area contributed by atoms with Crippen LogP contribution in [0.15, 0.2) is 30.3 Å². The van der Waals surface area contributed by atoms with Gasteiger partial charge in [-0.1, -0.05) is 23.7 Å². The molecule has 0 aliphatic rings. The number of esters is 1. The van der Waals surface area contributed by atoms with Crippen LogP contribution in [0.5, 0.6) is 0 Å². The lowest BCUT2D eigenvalue weighted by Gasteiger charge is -2.18. The smallest absolute Gasteiger partial charge is 0.342 e. The van der Waals surface area contributed by atoms with Gasteiger partial charge in [0.1, 0.15) is 5.15 Å². The predicted molar refractivity (Wildman–Crippen MR) is 106 cm³/mol. The number of aryl methyl sites for hydroxylation is 2. The van der Waals surface area contributed by atoms with E-state index < -0.39 is 5.97 Å². The van der Waals surface area contributed by atoms with Crippen LogP contribution in [0.1, 0.15) is 27.2 Å². The molecule has 0 aliphatic carbocycles. The standard InChI is InChI=1S/C20H24ClN3O3/c1-13-10-14(2)22-19(21)18(13)20(26)27-12-17(25)24(5)11-15-6-8-16(9-7-15)23(3)4/h6-10H,11-12H2,1-5H3. The molecular weight excluding hydrogens is 366 g/mol. The largest absolute Gasteiger partial charge is 0.452 e. The van der Waals surface area contributed by atoms with E-state index in [9.17, 15) is 9.59 Å². The molecule has 0 saturated carbocycles. The van der Waals surface area contributed by atoms with Gasteiger partial charge >= 0.3 is 5.97 Å². The van der Waals surface area contributed by atoms with E-state index in [0.717, 1.165) is 11.3 Å². The van der Waals surface area contributed by atoms with Gasteiger partial charge in [0, 0.05) is 39.1 Å². The topological polar surface area (TPSA) is 62.7 Å². The van der Waals surface area contributed by atoms with Gasteiger partial charge in [0.25, 0.3) is 5.91 Å². The lowest BCUT2D eigenvalue weighted by atomic mass is 10.1. The number of aromatic nitrogens is 1. The monoisotopic (exact) mass is 389 g/mol. The molecule has 144 valence electrons. The Labute approximate surface area is 164 Å². The molecule has 1 heterocycles. The quantitative estimate of drug-likeness (QED) is 0.560. The zero-order valence-corrected chi connectivity index (χ0v) is 17.0. The number of amides is 1. The molecule has 1 amide bonds. The molecule has 0 saturated heterocycles. The molecule has 1 aromatic carbocycles. The first-order chi connectivity index (χ1) is 12.7. The van der Waals surface area contributed by atoms with Crippen molar-refractivity contribution in [1.29, 1.82) is 0 Å². The highest BCUT2D eigenvalue weighted by Gasteiger charge is 2.19. The summed E-state index contributed by atoms with van der Waals surface area (Å²) in [6.45, 7) is 3.62. The maximum absolute atomic E-state index is 12.3. The number of ether oxygens (including phenoxy) is 1. The van der Waals surface area contributed by atoms with Crippen LogP contribution in [0, 0.1) is 13.8 Å². The molecule has 6 nitrogen and oxygen atoms in total. The Morgan fingerprint density at radius 2 is 1.74 bits per heavy atom. The molecule has 0 aliphatic heterocycles. The van der Waals surface area contributed by atoms with Crippen LogP contribution in [0.2, 0.25) is 5.15 Å². The average molecular weight is 390 g/mol. The SMILES string of the molecule is Cc1cc(C)c(C(=O)OCC(=O)N(C)Cc2ccc(N(C)C)cc2)c(Cl)n1. The Morgan fingerprint density at radius 3 is 2.30 bits per heavy atom. The summed E-state index contributed by atoms with van der Waals surface area (Å²) < 4.78 is 5.14. The fourth-order valence-electron chi connectivity index (χ4n) is 2.61. The van der Waals surface area contributed by atoms with Crippen molar-refractivity contribution in [3.63, 3.8) is 0 Å². The minimum Gasteiger partial charge on any atom is -0.452 e. The Hall–Kier alpha value is -2.60. The van der Waals surface area contributed by atoms with Gasteiger partial charge in [-0.3, -0.25) is 4.79 Å². The van der Waals surface area contributed by atoms with Gasteiger partial charge in [-0.05, 0) is 43.2 Å². The molecule has 7 heteroatoms. The summed E-state index contributed by atoms with van der Waals surface area (Å²) in [5.41, 5.74) is 3.64. The van der Waals surface area contributed by atoms with Crippen LogP contribution in [-0.2, 0) is 16.1 Å². The zero-order chi connectivity index (χ0) is 20.1. The molecular formula is C20H24ClN3O3. The fraction of sp³-hybridized carbons (Fsp3) is 0.350. The van der Waals surface area contributed by atoms with E-state index in [0.29, 0.717) is 17.8 Å². The molecule has 2 aromatic rings. The van der Waals surface area contributed by atoms with E-state index in [2.05, 4.69) is 4.98 Å². The van der Waals surface area contributed by atoms with Crippen molar-refractivity contribution in [3.8, 4) is 0 Å². The van der Waals surface area contributed by atoms with Crippen molar-refractivity contribution >= 4 is 29.2 Å². The van der Waals surface area contributed by atoms with Gasteiger partial charge in [-0.25, -0.2) is 9.78 Å². The molecule has 0 unspecified atom stereocenters. The van der Waals surface area contributed by atoms with Gasteiger partial charge in [0.2, 0.25) is 0 Å². The summed E-state index contributed by atoms with van der Waals surface area (Å²) in [7, 11) is 5.61. The maximum atomic E-state index is 12.3. The van der Waals surface area contributed by atoms with Gasteiger partial charge in [-0.2, -0.15) is 0 Å². The third kappa shape index (κ3) is 5.44. The summed E-state index contributed by atoms with van der Waals surface area (Å²) >= 11 is 6.04. The highest BCUT2D eigenvalue weighted by atomic mass is 35.5. The number of likely N-dealkylation sites (N-methyl/N-ethyl adjacent to an activating group) is 1. The second kappa shape index (κ2) is 8.86. The molecule has 27 heavy (non-hydrogen) atoms. The fourth-order valence-corrected chi connectivity index (χ4v) is 2.97. The number of benzene rings is 1. The lowest BCUT2D eigenvalue weighted by molar-refractivity contribution is -0.133. The average Bonchev–Trinajstić information content (AvgIpc) is 2.59. The van der Waals surface area contributed by atoms with E-state index in [-0.39, 0.29) is 23.2 Å². The lowest BCUT2D eigenvalue weighted by Crippen LogP contribution is -2.31. The zero-order valence-electron chi connectivity index (χ0n) is 16.2. The minimum absolute atomic E-state index is 0.0827. The van der Waals surface area contributed by atoms with Crippen LogP contribution in [-0.4, -0.2) is 49.5 Å². The summed E-state index contributed by atoms with van der Waals surface area (Å²) in [6.07, 6.45) is 0. The third-order valence-corrected chi connectivity index (χ3v) is 4.40. The number of hydrogen-bond acceptors (Lipinski definition) is 5. The highest BCUT2D eigenvalue weighted by Crippen LogP contribution is 2.20. The van der Waals surface area contributed by atoms with E-state index in [1.165, 1.54) is 4.90 Å². The first-order valence-corrected chi connectivity index (χ1v) is 8.88. The Kier molecular flexibility index (Phi) is 6.80. The van der Waals surface area contributed by atoms with Crippen LogP contribution >= 0.6 is 11.6 Å². The summed E-state index contributed by atoms with van der Waals surface area (Å²) in [6, 6.07) is 9.65. The van der Waals surface area contributed by atoms with Gasteiger partial charge in [0.05, 0.1) is 5.56 Å². The van der Waals surface area contributed by atoms with Crippen LogP contribution < -0.4 is 4.90 Å². The van der Waals surface area contributed by atoms with Gasteiger partial charge in [0.15, 0.2) is 6.61 Å². The molecule has 0 radical (unpaired) electrons. The number of pyridine rings is 1. The van der Waals surface area contributed by atoms with Crippen molar-refractivity contribution in [3.05, 3.63) is 57.9 Å². The van der Waals surface area contributed by atoms with Crippen molar-refractivity contribution in [2.24, 2.45) is 0 Å². The number of hydrogen-bond donors (Lipinski definition) is 0.